The zero-order chi connectivity index (χ0) is 17.3. The number of aromatic carboxylic acids is 1. The van der Waals surface area contributed by atoms with Gasteiger partial charge in [0.25, 0.3) is 5.91 Å². The molecular weight excluding hydrogens is 311 g/mol. The molecule has 2 aromatic carbocycles. The Kier molecular flexibility index (Phi) is 3.95. The Labute approximate surface area is 136 Å². The van der Waals surface area contributed by atoms with Gasteiger partial charge in [-0.05, 0) is 41.5 Å². The van der Waals surface area contributed by atoms with Crippen molar-refractivity contribution in [1.29, 1.82) is 0 Å². The molecule has 0 radical (unpaired) electrons. The molecule has 0 saturated heterocycles. The van der Waals surface area contributed by atoms with E-state index in [0.29, 0.717) is 22.0 Å². The molecule has 0 unspecified atom stereocenters. The van der Waals surface area contributed by atoms with Gasteiger partial charge in [0.1, 0.15) is 5.82 Å². The lowest BCUT2D eigenvalue weighted by Gasteiger charge is -2.08. The van der Waals surface area contributed by atoms with Crippen molar-refractivity contribution in [3.8, 4) is 11.1 Å². The lowest BCUT2D eigenvalue weighted by molar-refractivity contribution is 0.0698. The van der Waals surface area contributed by atoms with Crippen molar-refractivity contribution < 1.29 is 19.1 Å². The van der Waals surface area contributed by atoms with Crippen molar-refractivity contribution in [1.82, 2.24) is 10.3 Å². The minimum Gasteiger partial charge on any atom is -0.478 e. The van der Waals surface area contributed by atoms with Gasteiger partial charge >= 0.3 is 5.97 Å². The fraction of sp³-hybridized carbons (Fsp3) is 0.0556. The smallest absolute Gasteiger partial charge is 0.336 e. The lowest BCUT2D eigenvalue weighted by atomic mass is 9.99. The van der Waals surface area contributed by atoms with E-state index in [0.717, 1.165) is 0 Å². The molecule has 0 fully saturated rings. The van der Waals surface area contributed by atoms with Gasteiger partial charge in [-0.3, -0.25) is 9.78 Å². The summed E-state index contributed by atoms with van der Waals surface area (Å²) >= 11 is 0. The predicted molar refractivity (Wildman–Crippen MR) is 87.5 cm³/mol. The number of carbonyl (C=O) groups excluding carboxylic acids is 1. The number of amides is 1. The molecule has 1 heterocycles. The summed E-state index contributed by atoms with van der Waals surface area (Å²) in [5, 5.41) is 12.1. The molecule has 24 heavy (non-hydrogen) atoms. The fourth-order valence-electron chi connectivity index (χ4n) is 2.53. The van der Waals surface area contributed by atoms with Crippen LogP contribution in [0.2, 0.25) is 0 Å². The summed E-state index contributed by atoms with van der Waals surface area (Å²) in [6.45, 7) is 0. The zero-order valence-electron chi connectivity index (χ0n) is 12.7. The maximum Gasteiger partial charge on any atom is 0.336 e. The predicted octanol–water partition coefficient (Wildman–Crippen LogP) is 3.10. The number of pyridine rings is 1. The lowest BCUT2D eigenvalue weighted by Crippen LogP contribution is -2.19. The molecule has 3 rings (SSSR count). The van der Waals surface area contributed by atoms with E-state index in [9.17, 15) is 19.1 Å². The van der Waals surface area contributed by atoms with Gasteiger partial charge in [0, 0.05) is 18.6 Å². The van der Waals surface area contributed by atoms with E-state index < -0.39 is 17.7 Å². The minimum atomic E-state index is -1.05. The number of carbonyl (C=O) groups is 2. The number of benzene rings is 2. The summed E-state index contributed by atoms with van der Waals surface area (Å²) in [7, 11) is 1.43. The maximum absolute atomic E-state index is 14.1. The number of aromatic nitrogens is 1. The molecule has 6 heteroatoms. The molecule has 5 nitrogen and oxygen atoms in total. The number of hydrogen-bond acceptors (Lipinski definition) is 3. The van der Waals surface area contributed by atoms with E-state index in [-0.39, 0.29) is 11.1 Å². The highest BCUT2D eigenvalue weighted by Crippen LogP contribution is 2.27. The summed E-state index contributed by atoms with van der Waals surface area (Å²) in [5.41, 5.74) is 1.81. The van der Waals surface area contributed by atoms with Crippen LogP contribution in [0.25, 0.3) is 22.0 Å². The molecule has 0 aliphatic heterocycles. The van der Waals surface area contributed by atoms with E-state index in [2.05, 4.69) is 10.3 Å². The van der Waals surface area contributed by atoms with E-state index in [1.165, 1.54) is 31.4 Å². The largest absolute Gasteiger partial charge is 0.478 e. The monoisotopic (exact) mass is 324 g/mol. The van der Waals surface area contributed by atoms with Crippen LogP contribution >= 0.6 is 0 Å². The number of rotatable bonds is 3. The van der Waals surface area contributed by atoms with Gasteiger partial charge < -0.3 is 10.4 Å². The Morgan fingerprint density at radius 2 is 1.75 bits per heavy atom. The van der Waals surface area contributed by atoms with E-state index >= 15 is 0 Å². The number of nitrogens with zero attached hydrogens (tertiary/aromatic N) is 1. The Morgan fingerprint density at radius 3 is 2.42 bits per heavy atom. The number of carboxylic acids is 1. The molecular formula is C18H13FN2O3. The van der Waals surface area contributed by atoms with Crippen LogP contribution in [0.15, 0.2) is 48.7 Å². The standard InChI is InChI=1S/C18H13FN2O3/c1-20-17(22)13-4-2-11(9-15(13)19)10-3-5-16-14(8-10)12(18(23)24)6-7-21-16/h2-9H,1H3,(H,20,22)(H,23,24). The van der Waals surface area contributed by atoms with E-state index in [4.69, 9.17) is 0 Å². The second-order valence-electron chi connectivity index (χ2n) is 5.17. The van der Waals surface area contributed by atoms with Crippen molar-refractivity contribution in [3.63, 3.8) is 0 Å². The third kappa shape index (κ3) is 2.69. The van der Waals surface area contributed by atoms with Crippen LogP contribution < -0.4 is 5.32 Å². The summed E-state index contributed by atoms with van der Waals surface area (Å²) < 4.78 is 14.1. The molecule has 0 aliphatic rings. The number of hydrogen-bond donors (Lipinski definition) is 2. The Balaban J connectivity index is 2.13. The van der Waals surface area contributed by atoms with Gasteiger partial charge in [-0.2, -0.15) is 0 Å². The first-order valence-electron chi connectivity index (χ1n) is 7.15. The average molecular weight is 324 g/mol. The van der Waals surface area contributed by atoms with Crippen LogP contribution in [0.3, 0.4) is 0 Å². The number of nitrogens with one attached hydrogen (secondary N) is 1. The highest BCUT2D eigenvalue weighted by atomic mass is 19.1. The van der Waals surface area contributed by atoms with E-state index in [1.807, 2.05) is 0 Å². The topological polar surface area (TPSA) is 79.3 Å². The summed E-state index contributed by atoms with van der Waals surface area (Å²) in [6.07, 6.45) is 1.43. The third-order valence-electron chi connectivity index (χ3n) is 3.75. The molecule has 3 aromatic rings. The normalized spacial score (nSPS) is 10.6. The average Bonchev–Trinajstić information content (AvgIpc) is 2.59. The minimum absolute atomic E-state index is 0.0464. The third-order valence-corrected chi connectivity index (χ3v) is 3.75. The number of carboxylic acid groups (broad SMARTS) is 1. The molecule has 0 saturated carbocycles. The summed E-state index contributed by atoms with van der Waals surface area (Å²) in [4.78, 5) is 27.0. The Bertz CT molecular complexity index is 970. The molecule has 1 amide bonds. The quantitative estimate of drug-likeness (QED) is 0.776. The first-order chi connectivity index (χ1) is 11.5. The first-order valence-corrected chi connectivity index (χ1v) is 7.15. The molecule has 0 aliphatic carbocycles. The van der Waals surface area contributed by atoms with E-state index in [1.54, 1.807) is 24.3 Å². The SMILES string of the molecule is CNC(=O)c1ccc(-c2ccc3nccc(C(=O)O)c3c2)cc1F. The van der Waals surface area contributed by atoms with Gasteiger partial charge in [-0.25, -0.2) is 9.18 Å². The Hall–Kier alpha value is -3.28. The van der Waals surface area contributed by atoms with Gasteiger partial charge in [-0.15, -0.1) is 0 Å². The molecule has 0 bridgehead atoms. The van der Waals surface area contributed by atoms with Gasteiger partial charge in [0.05, 0.1) is 16.6 Å². The second-order valence-corrected chi connectivity index (χ2v) is 5.17. The van der Waals surface area contributed by atoms with Crippen molar-refractivity contribution in [2.24, 2.45) is 0 Å². The van der Waals surface area contributed by atoms with Crippen LogP contribution in [0.5, 0.6) is 0 Å². The van der Waals surface area contributed by atoms with Crippen LogP contribution in [0.4, 0.5) is 4.39 Å². The van der Waals surface area contributed by atoms with Crippen LogP contribution in [-0.4, -0.2) is 29.0 Å². The molecule has 0 spiro atoms. The maximum atomic E-state index is 14.1. The van der Waals surface area contributed by atoms with Crippen molar-refractivity contribution in [2.75, 3.05) is 7.05 Å². The Morgan fingerprint density at radius 1 is 1.04 bits per heavy atom. The highest BCUT2D eigenvalue weighted by Gasteiger charge is 2.13. The second kappa shape index (κ2) is 6.08. The van der Waals surface area contributed by atoms with Crippen molar-refractivity contribution >= 4 is 22.8 Å². The van der Waals surface area contributed by atoms with Gasteiger partial charge in [-0.1, -0.05) is 12.1 Å². The van der Waals surface area contributed by atoms with Crippen LogP contribution in [0, 0.1) is 5.82 Å². The molecule has 120 valence electrons. The molecule has 0 atom stereocenters. The van der Waals surface area contributed by atoms with Crippen LogP contribution in [0.1, 0.15) is 20.7 Å². The molecule has 1 aromatic heterocycles. The number of halogens is 1. The highest BCUT2D eigenvalue weighted by molar-refractivity contribution is 6.03. The zero-order valence-corrected chi connectivity index (χ0v) is 12.7. The fourth-order valence-corrected chi connectivity index (χ4v) is 2.53. The number of fused-ring (bicyclic) bond motifs is 1. The molecule has 2 N–H and O–H groups in total. The summed E-state index contributed by atoms with van der Waals surface area (Å²) in [6, 6.07) is 10.8. The van der Waals surface area contributed by atoms with Crippen molar-refractivity contribution in [3.05, 3.63) is 65.6 Å². The van der Waals surface area contributed by atoms with Gasteiger partial charge in [0.15, 0.2) is 0 Å². The summed E-state index contributed by atoms with van der Waals surface area (Å²) in [5.74, 6) is -2.20. The van der Waals surface area contributed by atoms with Crippen LogP contribution in [-0.2, 0) is 0 Å². The van der Waals surface area contributed by atoms with Crippen molar-refractivity contribution in [2.45, 2.75) is 0 Å². The van der Waals surface area contributed by atoms with Gasteiger partial charge in [0.2, 0.25) is 0 Å². The first kappa shape index (κ1) is 15.6.